The summed E-state index contributed by atoms with van der Waals surface area (Å²) in [6.07, 6.45) is 0.443. The number of methoxy groups -OCH3 is 1. The number of hydrogen-bond acceptors (Lipinski definition) is 6. The number of carboxylic acids is 1. The van der Waals surface area contributed by atoms with E-state index in [1.165, 1.54) is 44.4 Å². The highest BCUT2D eigenvalue weighted by atomic mass is 32.2. The first-order chi connectivity index (χ1) is 14.3. The van der Waals surface area contributed by atoms with Crippen molar-refractivity contribution in [3.8, 4) is 11.5 Å². The number of carbonyl (C=O) groups is 3. The molecule has 0 aliphatic carbocycles. The number of carboxylic acid groups (broad SMARTS) is 1. The van der Waals surface area contributed by atoms with E-state index < -0.39 is 29.0 Å². The van der Waals surface area contributed by atoms with Gasteiger partial charge in [-0.1, -0.05) is 24.3 Å². The lowest BCUT2D eigenvalue weighted by atomic mass is 10.1. The largest absolute Gasteiger partial charge is 0.493 e. The van der Waals surface area contributed by atoms with Crippen LogP contribution in [-0.2, 0) is 16.1 Å². The maximum Gasteiger partial charge on any atom is 0.344 e. The molecular formula is C21H18FNO6S. The van der Waals surface area contributed by atoms with Crippen molar-refractivity contribution >= 4 is 35.0 Å². The lowest BCUT2D eigenvalue weighted by Gasteiger charge is -2.14. The summed E-state index contributed by atoms with van der Waals surface area (Å²) in [5, 5.41) is 8.49. The third kappa shape index (κ3) is 4.62. The zero-order chi connectivity index (χ0) is 21.8. The van der Waals surface area contributed by atoms with E-state index >= 15 is 0 Å². The zero-order valence-electron chi connectivity index (χ0n) is 16.1. The lowest BCUT2D eigenvalue weighted by molar-refractivity contribution is -0.144. The van der Waals surface area contributed by atoms with Crippen LogP contribution in [0.5, 0.6) is 11.5 Å². The zero-order valence-corrected chi connectivity index (χ0v) is 16.9. The molecular weight excluding hydrogens is 413 g/mol. The molecule has 1 saturated heterocycles. The molecule has 9 heteroatoms. The highest BCUT2D eigenvalue weighted by Gasteiger charge is 2.35. The fourth-order valence-corrected chi connectivity index (χ4v) is 3.54. The van der Waals surface area contributed by atoms with Crippen LogP contribution in [0.2, 0.25) is 0 Å². The van der Waals surface area contributed by atoms with Crippen LogP contribution in [0.25, 0.3) is 6.08 Å². The Morgan fingerprint density at radius 3 is 2.63 bits per heavy atom. The maximum absolute atomic E-state index is 13.9. The second-order valence-electron chi connectivity index (χ2n) is 6.37. The molecule has 0 spiro atoms. The monoisotopic (exact) mass is 431 g/mol. The first kappa shape index (κ1) is 21.4. The summed E-state index contributed by atoms with van der Waals surface area (Å²) in [5.41, 5.74) is 0.801. The van der Waals surface area contributed by atoms with Crippen molar-refractivity contribution < 1.29 is 33.4 Å². The Labute approximate surface area is 176 Å². The van der Waals surface area contributed by atoms with E-state index in [4.69, 9.17) is 14.6 Å². The fourth-order valence-electron chi connectivity index (χ4n) is 2.70. The predicted molar refractivity (Wildman–Crippen MR) is 109 cm³/mol. The number of carbonyl (C=O) groups excluding carboxylic acids is 2. The summed E-state index contributed by atoms with van der Waals surface area (Å²) in [7, 11) is 1.40. The number of benzene rings is 2. The number of halogens is 1. The van der Waals surface area contributed by atoms with Crippen molar-refractivity contribution in [3.63, 3.8) is 0 Å². The number of hydrogen-bond donors (Lipinski definition) is 1. The number of rotatable bonds is 7. The predicted octanol–water partition coefficient (Wildman–Crippen LogP) is 3.92. The highest BCUT2D eigenvalue weighted by Crippen LogP contribution is 2.35. The van der Waals surface area contributed by atoms with Crippen LogP contribution >= 0.6 is 11.8 Å². The fraction of sp³-hybridized carbons (Fsp3) is 0.190. The molecule has 0 radical (unpaired) electrons. The summed E-state index contributed by atoms with van der Waals surface area (Å²) in [6, 6.07) is 10.6. The lowest BCUT2D eigenvalue weighted by Crippen LogP contribution is -2.27. The van der Waals surface area contributed by atoms with Gasteiger partial charge in [-0.3, -0.25) is 14.5 Å². The van der Waals surface area contributed by atoms with E-state index in [-0.39, 0.29) is 28.5 Å². The van der Waals surface area contributed by atoms with Gasteiger partial charge in [0.05, 0.1) is 18.6 Å². The van der Waals surface area contributed by atoms with Crippen LogP contribution < -0.4 is 9.47 Å². The molecule has 1 heterocycles. The Hall–Kier alpha value is -3.33. The molecule has 0 aromatic heterocycles. The van der Waals surface area contributed by atoms with Gasteiger partial charge < -0.3 is 14.6 Å². The second-order valence-corrected chi connectivity index (χ2v) is 7.36. The number of nitrogens with zero attached hydrogens (tertiary/aromatic N) is 1. The Morgan fingerprint density at radius 2 is 1.97 bits per heavy atom. The SMILES string of the molecule is COc1cc(/C=C2\SC(=O)N(Cc3ccccc3F)C2=O)ccc1O[C@H](C)C(=O)O. The summed E-state index contributed by atoms with van der Waals surface area (Å²) < 4.78 is 24.4. The van der Waals surface area contributed by atoms with Crippen LogP contribution in [0.15, 0.2) is 47.4 Å². The minimum Gasteiger partial charge on any atom is -0.493 e. The minimum absolute atomic E-state index is 0.155. The average molecular weight is 431 g/mol. The average Bonchev–Trinajstić information content (AvgIpc) is 2.97. The van der Waals surface area contributed by atoms with E-state index in [1.807, 2.05) is 0 Å². The molecule has 1 aliphatic rings. The van der Waals surface area contributed by atoms with E-state index in [0.717, 1.165) is 16.7 Å². The molecule has 0 saturated carbocycles. The molecule has 156 valence electrons. The molecule has 3 rings (SSSR count). The van der Waals surface area contributed by atoms with Crippen molar-refractivity contribution in [2.45, 2.75) is 19.6 Å². The van der Waals surface area contributed by atoms with Crippen LogP contribution in [-0.4, -0.2) is 40.3 Å². The number of amides is 2. The molecule has 0 unspecified atom stereocenters. The van der Waals surface area contributed by atoms with Gasteiger partial charge in [0.15, 0.2) is 17.6 Å². The van der Waals surface area contributed by atoms with Gasteiger partial charge >= 0.3 is 5.97 Å². The summed E-state index contributed by atoms with van der Waals surface area (Å²) in [6.45, 7) is 1.24. The van der Waals surface area contributed by atoms with E-state index in [9.17, 15) is 18.8 Å². The quantitative estimate of drug-likeness (QED) is 0.664. The number of ether oxygens (including phenoxy) is 2. The standard InChI is InChI=1S/C21H18FNO6S/c1-12(20(25)26)29-16-8-7-13(9-17(16)28-2)10-18-19(24)23(21(27)30-18)11-14-5-3-4-6-15(14)22/h3-10,12H,11H2,1-2H3,(H,25,26)/b18-10-/t12-/m1/s1. The first-order valence-electron chi connectivity index (χ1n) is 8.86. The summed E-state index contributed by atoms with van der Waals surface area (Å²) >= 11 is 0.760. The smallest absolute Gasteiger partial charge is 0.344 e. The summed E-state index contributed by atoms with van der Waals surface area (Å²) in [5.74, 6) is -1.62. The van der Waals surface area contributed by atoms with Gasteiger partial charge in [-0.2, -0.15) is 0 Å². The van der Waals surface area contributed by atoms with Gasteiger partial charge in [-0.05, 0) is 48.5 Å². The highest BCUT2D eigenvalue weighted by molar-refractivity contribution is 8.18. The molecule has 1 fully saturated rings. The maximum atomic E-state index is 13.9. The van der Waals surface area contributed by atoms with Crippen molar-refractivity contribution in [2.75, 3.05) is 7.11 Å². The molecule has 2 aromatic carbocycles. The Bertz CT molecular complexity index is 1040. The van der Waals surface area contributed by atoms with Crippen molar-refractivity contribution in [1.82, 2.24) is 4.90 Å². The van der Waals surface area contributed by atoms with E-state index in [1.54, 1.807) is 18.2 Å². The van der Waals surface area contributed by atoms with E-state index in [0.29, 0.717) is 5.56 Å². The molecule has 30 heavy (non-hydrogen) atoms. The number of thioether (sulfide) groups is 1. The second kappa shape index (κ2) is 9.00. The molecule has 1 atom stereocenters. The van der Waals surface area contributed by atoms with Crippen LogP contribution in [0.1, 0.15) is 18.1 Å². The van der Waals surface area contributed by atoms with Gasteiger partial charge in [0, 0.05) is 5.56 Å². The molecule has 1 aliphatic heterocycles. The van der Waals surface area contributed by atoms with Crippen molar-refractivity contribution in [2.24, 2.45) is 0 Å². The molecule has 1 N–H and O–H groups in total. The van der Waals surface area contributed by atoms with Crippen LogP contribution in [0.3, 0.4) is 0 Å². The van der Waals surface area contributed by atoms with Gasteiger partial charge in [-0.25, -0.2) is 9.18 Å². The number of aliphatic carboxylic acids is 1. The molecule has 2 aromatic rings. The third-order valence-corrected chi connectivity index (χ3v) is 5.20. The van der Waals surface area contributed by atoms with E-state index in [2.05, 4.69) is 0 Å². The molecule has 7 nitrogen and oxygen atoms in total. The summed E-state index contributed by atoms with van der Waals surface area (Å²) in [4.78, 5) is 37.1. The first-order valence-corrected chi connectivity index (χ1v) is 9.68. The molecule has 0 bridgehead atoms. The topological polar surface area (TPSA) is 93.1 Å². The van der Waals surface area contributed by atoms with Crippen LogP contribution in [0, 0.1) is 5.82 Å². The van der Waals surface area contributed by atoms with Crippen molar-refractivity contribution in [1.29, 1.82) is 0 Å². The van der Waals surface area contributed by atoms with Gasteiger partial charge in [-0.15, -0.1) is 0 Å². The Morgan fingerprint density at radius 1 is 1.23 bits per heavy atom. The van der Waals surface area contributed by atoms with Gasteiger partial charge in [0.2, 0.25) is 0 Å². The minimum atomic E-state index is -1.12. The normalized spacial score (nSPS) is 16.1. The van der Waals surface area contributed by atoms with Crippen LogP contribution in [0.4, 0.5) is 9.18 Å². The van der Waals surface area contributed by atoms with Gasteiger partial charge in [0.1, 0.15) is 5.82 Å². The Balaban J connectivity index is 1.81. The molecule has 2 amide bonds. The third-order valence-electron chi connectivity index (χ3n) is 4.30. The van der Waals surface area contributed by atoms with Gasteiger partial charge in [0.25, 0.3) is 11.1 Å². The van der Waals surface area contributed by atoms with Crippen molar-refractivity contribution in [3.05, 3.63) is 64.3 Å². The Kier molecular flexibility index (Phi) is 6.41. The number of imide groups is 1.